The summed E-state index contributed by atoms with van der Waals surface area (Å²) in [5.74, 6) is -0.327. The van der Waals surface area contributed by atoms with Crippen molar-refractivity contribution in [2.45, 2.75) is 25.9 Å². The summed E-state index contributed by atoms with van der Waals surface area (Å²) in [6.45, 7) is 2.28. The van der Waals surface area contributed by atoms with Gasteiger partial charge in [0.25, 0.3) is 10.1 Å². The lowest BCUT2D eigenvalue weighted by Crippen LogP contribution is -2.25. The third-order valence-corrected chi connectivity index (χ3v) is 4.70. The van der Waals surface area contributed by atoms with Gasteiger partial charge in [0.05, 0.1) is 31.5 Å². The Labute approximate surface area is 147 Å². The molecule has 1 aliphatic rings. The first-order valence-corrected chi connectivity index (χ1v) is 9.91. The van der Waals surface area contributed by atoms with Crippen LogP contribution in [0.15, 0.2) is 24.3 Å². The van der Waals surface area contributed by atoms with Gasteiger partial charge in [-0.1, -0.05) is 11.6 Å². The van der Waals surface area contributed by atoms with Crippen molar-refractivity contribution in [1.29, 1.82) is 0 Å². The number of hydrogen-bond acceptors (Lipinski definition) is 6. The Balaban J connectivity index is 2.02. The van der Waals surface area contributed by atoms with Crippen molar-refractivity contribution in [1.82, 2.24) is 0 Å². The highest BCUT2D eigenvalue weighted by Gasteiger charge is 2.41. The number of rotatable bonds is 7. The van der Waals surface area contributed by atoms with E-state index < -0.39 is 22.1 Å². The molecular formula is C16H21ClO6S. The van der Waals surface area contributed by atoms with Gasteiger partial charge in [-0.25, -0.2) is 0 Å². The van der Waals surface area contributed by atoms with Crippen molar-refractivity contribution in [2.75, 3.05) is 19.5 Å². The maximum atomic E-state index is 12.1. The summed E-state index contributed by atoms with van der Waals surface area (Å²) in [5, 5.41) is 0.606. The smallest absolute Gasteiger partial charge is 0.309 e. The first-order valence-electron chi connectivity index (χ1n) is 7.71. The maximum absolute atomic E-state index is 12.1. The number of ether oxygens (including phenoxy) is 2. The number of esters is 1. The fourth-order valence-electron chi connectivity index (χ4n) is 2.86. The molecule has 2 rings (SSSR count). The van der Waals surface area contributed by atoms with Crippen LogP contribution in [0.5, 0.6) is 5.75 Å². The third-order valence-electron chi connectivity index (χ3n) is 3.83. The van der Waals surface area contributed by atoms with Crippen LogP contribution in [0.2, 0.25) is 5.02 Å². The molecule has 0 amide bonds. The van der Waals surface area contributed by atoms with E-state index in [4.69, 9.17) is 25.3 Å². The Morgan fingerprint density at radius 3 is 2.50 bits per heavy atom. The highest BCUT2D eigenvalue weighted by atomic mass is 35.5. The Bertz CT molecular complexity index is 658. The molecular weight excluding hydrogens is 356 g/mol. The van der Waals surface area contributed by atoms with Crippen LogP contribution in [-0.4, -0.2) is 40.0 Å². The van der Waals surface area contributed by atoms with Gasteiger partial charge >= 0.3 is 5.97 Å². The van der Waals surface area contributed by atoms with E-state index in [0.29, 0.717) is 23.6 Å². The van der Waals surface area contributed by atoms with Crippen LogP contribution < -0.4 is 4.74 Å². The summed E-state index contributed by atoms with van der Waals surface area (Å²) in [6, 6.07) is 6.90. The van der Waals surface area contributed by atoms with Crippen LogP contribution in [0, 0.1) is 11.8 Å². The first-order chi connectivity index (χ1) is 11.3. The quantitative estimate of drug-likeness (QED) is 0.537. The van der Waals surface area contributed by atoms with E-state index in [1.807, 2.05) is 0 Å². The van der Waals surface area contributed by atoms with Gasteiger partial charge in [-0.2, -0.15) is 8.42 Å². The Morgan fingerprint density at radius 1 is 1.25 bits per heavy atom. The standard InChI is InChI=1S/C16H21ClO6S/c1-3-21-16(18)15-9-14(23-24(2,19)20)8-11(15)10-22-13-6-4-12(17)5-7-13/h4-7,11,14-15H,3,8-10H2,1-2H3/t11-,14?,15+/m0/s1. The molecule has 0 bridgehead atoms. The molecule has 134 valence electrons. The van der Waals surface area contributed by atoms with Gasteiger partial charge < -0.3 is 9.47 Å². The zero-order chi connectivity index (χ0) is 17.7. The molecule has 3 atom stereocenters. The predicted octanol–water partition coefficient (Wildman–Crippen LogP) is 2.65. The maximum Gasteiger partial charge on any atom is 0.309 e. The van der Waals surface area contributed by atoms with E-state index in [-0.39, 0.29) is 25.1 Å². The van der Waals surface area contributed by atoms with Crippen LogP contribution in [-0.2, 0) is 23.8 Å². The van der Waals surface area contributed by atoms with Crippen molar-refractivity contribution in [2.24, 2.45) is 11.8 Å². The molecule has 0 N–H and O–H groups in total. The number of carbonyl (C=O) groups is 1. The number of benzene rings is 1. The fraction of sp³-hybridized carbons (Fsp3) is 0.562. The molecule has 1 aliphatic carbocycles. The zero-order valence-corrected chi connectivity index (χ0v) is 15.2. The van der Waals surface area contributed by atoms with Crippen molar-refractivity contribution in [3.63, 3.8) is 0 Å². The normalized spacial score (nSPS) is 23.9. The summed E-state index contributed by atoms with van der Waals surface area (Å²) in [7, 11) is -3.57. The molecule has 24 heavy (non-hydrogen) atoms. The van der Waals surface area contributed by atoms with E-state index in [1.54, 1.807) is 31.2 Å². The highest BCUT2D eigenvalue weighted by molar-refractivity contribution is 7.86. The van der Waals surface area contributed by atoms with Crippen LogP contribution in [0.4, 0.5) is 0 Å². The Hall–Kier alpha value is -1.31. The molecule has 6 nitrogen and oxygen atoms in total. The van der Waals surface area contributed by atoms with Crippen LogP contribution in [0.25, 0.3) is 0 Å². The lowest BCUT2D eigenvalue weighted by atomic mass is 9.97. The van der Waals surface area contributed by atoms with Gasteiger partial charge in [-0.3, -0.25) is 8.98 Å². The molecule has 0 spiro atoms. The van der Waals surface area contributed by atoms with Gasteiger partial charge in [0, 0.05) is 10.9 Å². The van der Waals surface area contributed by atoms with E-state index in [0.717, 1.165) is 6.26 Å². The average molecular weight is 377 g/mol. The highest BCUT2D eigenvalue weighted by Crippen LogP contribution is 2.36. The summed E-state index contributed by atoms with van der Waals surface area (Å²) in [4.78, 5) is 12.1. The molecule has 0 heterocycles. The first kappa shape index (κ1) is 19.0. The molecule has 0 aliphatic heterocycles. The molecule has 1 unspecified atom stereocenters. The topological polar surface area (TPSA) is 78.9 Å². The summed E-state index contributed by atoms with van der Waals surface area (Å²) >= 11 is 5.83. The SMILES string of the molecule is CCOC(=O)[C@@H]1CC(OS(C)(=O)=O)C[C@H]1COc1ccc(Cl)cc1. The molecule has 0 saturated heterocycles. The summed E-state index contributed by atoms with van der Waals surface area (Å²) in [6.07, 6.45) is 1.20. The lowest BCUT2D eigenvalue weighted by Gasteiger charge is -2.18. The van der Waals surface area contributed by atoms with Gasteiger partial charge in [-0.05, 0) is 44.0 Å². The van der Waals surface area contributed by atoms with Crippen LogP contribution in [0.3, 0.4) is 0 Å². The van der Waals surface area contributed by atoms with Crippen LogP contribution >= 0.6 is 11.6 Å². The minimum Gasteiger partial charge on any atom is -0.493 e. The molecule has 0 aromatic heterocycles. The predicted molar refractivity (Wildman–Crippen MR) is 89.5 cm³/mol. The number of hydrogen-bond donors (Lipinski definition) is 0. The van der Waals surface area contributed by atoms with E-state index in [2.05, 4.69) is 0 Å². The second kappa shape index (κ2) is 8.18. The van der Waals surface area contributed by atoms with Gasteiger partial charge in [0.15, 0.2) is 0 Å². The van der Waals surface area contributed by atoms with E-state index in [9.17, 15) is 13.2 Å². The van der Waals surface area contributed by atoms with Crippen LogP contribution in [0.1, 0.15) is 19.8 Å². The number of carbonyl (C=O) groups excluding carboxylic acids is 1. The summed E-state index contributed by atoms with van der Waals surface area (Å²) in [5.41, 5.74) is 0. The number of halogens is 1. The average Bonchev–Trinajstić information content (AvgIpc) is 2.88. The molecule has 1 aromatic rings. The largest absolute Gasteiger partial charge is 0.493 e. The lowest BCUT2D eigenvalue weighted by molar-refractivity contribution is -0.149. The minimum atomic E-state index is -3.57. The van der Waals surface area contributed by atoms with Gasteiger partial charge in [0.1, 0.15) is 5.75 Å². The van der Waals surface area contributed by atoms with Crippen molar-refractivity contribution < 1.29 is 26.9 Å². The summed E-state index contributed by atoms with van der Waals surface area (Å²) < 4.78 is 38.5. The Morgan fingerprint density at radius 2 is 1.92 bits per heavy atom. The van der Waals surface area contributed by atoms with Gasteiger partial charge in [0.2, 0.25) is 0 Å². The monoisotopic (exact) mass is 376 g/mol. The molecule has 8 heteroatoms. The molecule has 1 aromatic carbocycles. The van der Waals surface area contributed by atoms with Crippen molar-refractivity contribution in [3.8, 4) is 5.75 Å². The van der Waals surface area contributed by atoms with Gasteiger partial charge in [-0.15, -0.1) is 0 Å². The zero-order valence-electron chi connectivity index (χ0n) is 13.6. The fourth-order valence-corrected chi connectivity index (χ4v) is 3.63. The second-order valence-electron chi connectivity index (χ2n) is 5.78. The third kappa shape index (κ3) is 5.65. The minimum absolute atomic E-state index is 0.175. The molecule has 1 fully saturated rings. The van der Waals surface area contributed by atoms with Crippen molar-refractivity contribution >= 4 is 27.7 Å². The molecule has 0 radical (unpaired) electrons. The second-order valence-corrected chi connectivity index (χ2v) is 7.81. The molecule has 1 saturated carbocycles. The van der Waals surface area contributed by atoms with E-state index >= 15 is 0 Å². The van der Waals surface area contributed by atoms with E-state index in [1.165, 1.54) is 0 Å². The Kier molecular flexibility index (Phi) is 6.48. The van der Waals surface area contributed by atoms with Crippen molar-refractivity contribution in [3.05, 3.63) is 29.3 Å².